The predicted molar refractivity (Wildman–Crippen MR) is 122 cm³/mol. The summed E-state index contributed by atoms with van der Waals surface area (Å²) < 4.78 is 10.4. The van der Waals surface area contributed by atoms with Crippen molar-refractivity contribution < 1.29 is 14.3 Å². The van der Waals surface area contributed by atoms with Crippen LogP contribution in [-0.2, 0) is 4.74 Å². The van der Waals surface area contributed by atoms with Crippen molar-refractivity contribution in [3.8, 4) is 17.0 Å². The van der Waals surface area contributed by atoms with Crippen molar-refractivity contribution in [2.75, 3.05) is 6.61 Å². The van der Waals surface area contributed by atoms with Gasteiger partial charge in [-0.25, -0.2) is 9.78 Å². The van der Waals surface area contributed by atoms with Gasteiger partial charge in [-0.3, -0.25) is 4.98 Å². The summed E-state index contributed by atoms with van der Waals surface area (Å²) in [6, 6.07) is 7.74. The Labute approximate surface area is 185 Å². The highest BCUT2D eigenvalue weighted by molar-refractivity contribution is 6.30. The normalized spacial score (nSPS) is 12.0. The van der Waals surface area contributed by atoms with E-state index in [9.17, 15) is 4.79 Å². The first kappa shape index (κ1) is 25.7. The predicted octanol–water partition coefficient (Wildman–Crippen LogP) is 6.05. The molecule has 166 valence electrons. The molecule has 1 unspecified atom stereocenters. The first-order chi connectivity index (χ1) is 13.9. The average Bonchev–Trinajstić information content (AvgIpc) is 2.58. The highest BCUT2D eigenvalue weighted by atomic mass is 35.5. The van der Waals surface area contributed by atoms with Crippen LogP contribution in [0, 0.1) is 18.8 Å². The molecule has 0 fully saturated rings. The Morgan fingerprint density at radius 1 is 1.20 bits per heavy atom. The van der Waals surface area contributed by atoms with E-state index < -0.39 is 11.7 Å². The summed E-state index contributed by atoms with van der Waals surface area (Å²) in [6.07, 6.45) is 2.19. The fourth-order valence-electron chi connectivity index (χ4n) is 2.80. The van der Waals surface area contributed by atoms with E-state index in [1.807, 2.05) is 31.2 Å². The minimum absolute atomic E-state index is 0.406. The molecule has 0 aliphatic heterocycles. The fraction of sp³-hybridized carbons (Fsp3) is 0.522. The molecule has 7 heteroatoms. The second-order valence-corrected chi connectivity index (χ2v) is 9.11. The van der Waals surface area contributed by atoms with E-state index in [2.05, 4.69) is 35.5 Å². The highest BCUT2D eigenvalue weighted by Gasteiger charge is 2.12. The van der Waals surface area contributed by atoms with Crippen LogP contribution in [0.3, 0.4) is 0 Å². The summed E-state index contributed by atoms with van der Waals surface area (Å²) in [4.78, 5) is 18.6. The summed E-state index contributed by atoms with van der Waals surface area (Å²) in [7, 11) is 0. The maximum Gasteiger partial charge on any atom is 0.405 e. The van der Waals surface area contributed by atoms with Gasteiger partial charge in [0.15, 0.2) is 10.9 Å². The number of hydrogen-bond acceptors (Lipinski definition) is 5. The smallest absolute Gasteiger partial charge is 0.405 e. The van der Waals surface area contributed by atoms with Crippen LogP contribution < -0.4 is 10.5 Å². The molecule has 1 amide bonds. The third kappa shape index (κ3) is 10.4. The third-order valence-electron chi connectivity index (χ3n) is 3.81. The van der Waals surface area contributed by atoms with Gasteiger partial charge in [-0.1, -0.05) is 32.4 Å². The standard InChI is InChI=1S/C18H23ClN2O.C5H11NO2/c1-12(2)9-13(3)11-22-17-6-5-16(21-18(17)19)15-7-8-20-14(4)10-15;1-5(2,3)8-4(6)7/h5-8,10,12-13H,9,11H2,1-4H3;1-3H3,(H2,6,7). The molecule has 0 aromatic carbocycles. The van der Waals surface area contributed by atoms with Crippen molar-refractivity contribution in [3.05, 3.63) is 41.3 Å². The lowest BCUT2D eigenvalue weighted by atomic mass is 10.00. The van der Waals surface area contributed by atoms with Gasteiger partial charge in [-0.05, 0) is 70.2 Å². The third-order valence-corrected chi connectivity index (χ3v) is 4.08. The first-order valence-electron chi connectivity index (χ1n) is 10.1. The van der Waals surface area contributed by atoms with E-state index in [1.54, 1.807) is 27.0 Å². The monoisotopic (exact) mass is 435 g/mol. The van der Waals surface area contributed by atoms with Gasteiger partial charge in [0.1, 0.15) is 5.60 Å². The molecule has 0 aliphatic carbocycles. The van der Waals surface area contributed by atoms with Gasteiger partial charge in [0.2, 0.25) is 0 Å². The quantitative estimate of drug-likeness (QED) is 0.558. The molecular weight excluding hydrogens is 402 g/mol. The lowest BCUT2D eigenvalue weighted by Crippen LogP contribution is -2.27. The second kappa shape index (κ2) is 11.7. The van der Waals surface area contributed by atoms with Crippen molar-refractivity contribution >= 4 is 17.7 Å². The molecule has 6 nitrogen and oxygen atoms in total. The van der Waals surface area contributed by atoms with Crippen LogP contribution in [-0.4, -0.2) is 28.3 Å². The van der Waals surface area contributed by atoms with Gasteiger partial charge < -0.3 is 15.2 Å². The van der Waals surface area contributed by atoms with Crippen LogP contribution in [0.1, 0.15) is 53.7 Å². The van der Waals surface area contributed by atoms with Crippen LogP contribution in [0.25, 0.3) is 11.3 Å². The van der Waals surface area contributed by atoms with Crippen LogP contribution in [0.2, 0.25) is 5.15 Å². The van der Waals surface area contributed by atoms with E-state index in [0.29, 0.717) is 29.3 Å². The topological polar surface area (TPSA) is 87.3 Å². The zero-order chi connectivity index (χ0) is 22.9. The number of hydrogen-bond donors (Lipinski definition) is 1. The SMILES string of the molecule is CC(C)(C)OC(N)=O.Cc1cc(-c2ccc(OCC(C)CC(C)C)c(Cl)n2)ccn1. The molecule has 0 saturated carbocycles. The Balaban J connectivity index is 0.000000479. The molecule has 0 saturated heterocycles. The summed E-state index contributed by atoms with van der Waals surface area (Å²) in [5.74, 6) is 1.81. The van der Waals surface area contributed by atoms with E-state index in [4.69, 9.17) is 22.1 Å². The molecule has 1 atom stereocenters. The number of ether oxygens (including phenoxy) is 2. The van der Waals surface area contributed by atoms with Crippen LogP contribution in [0.15, 0.2) is 30.5 Å². The highest BCUT2D eigenvalue weighted by Crippen LogP contribution is 2.27. The lowest BCUT2D eigenvalue weighted by Gasteiger charge is -2.16. The van der Waals surface area contributed by atoms with Gasteiger partial charge in [0.05, 0.1) is 12.3 Å². The summed E-state index contributed by atoms with van der Waals surface area (Å²) in [6.45, 7) is 14.5. The van der Waals surface area contributed by atoms with Crippen LogP contribution in [0.4, 0.5) is 4.79 Å². The molecule has 2 aromatic heterocycles. The minimum Gasteiger partial charge on any atom is -0.490 e. The molecule has 2 rings (SSSR count). The molecule has 2 heterocycles. The number of primary amides is 1. The number of rotatable bonds is 6. The molecule has 0 bridgehead atoms. The molecule has 2 N–H and O–H groups in total. The van der Waals surface area contributed by atoms with Crippen LogP contribution >= 0.6 is 11.6 Å². The zero-order valence-electron chi connectivity index (χ0n) is 19.0. The Bertz CT molecular complexity index is 820. The van der Waals surface area contributed by atoms with Crippen molar-refractivity contribution in [3.63, 3.8) is 0 Å². The number of carbonyl (C=O) groups is 1. The number of nitrogens with zero attached hydrogens (tertiary/aromatic N) is 2. The Kier molecular flexibility index (Phi) is 10.1. The van der Waals surface area contributed by atoms with E-state index in [1.165, 1.54) is 0 Å². The fourth-order valence-corrected chi connectivity index (χ4v) is 3.01. The van der Waals surface area contributed by atoms with Crippen molar-refractivity contribution in [2.45, 2.75) is 60.5 Å². The second-order valence-electron chi connectivity index (χ2n) is 8.75. The first-order valence-corrected chi connectivity index (χ1v) is 10.5. The number of carbonyl (C=O) groups excluding carboxylic acids is 1. The van der Waals surface area contributed by atoms with E-state index in [-0.39, 0.29) is 0 Å². The summed E-state index contributed by atoms with van der Waals surface area (Å²) in [5, 5.41) is 0.406. The van der Waals surface area contributed by atoms with E-state index in [0.717, 1.165) is 23.4 Å². The number of amides is 1. The Morgan fingerprint density at radius 3 is 2.33 bits per heavy atom. The van der Waals surface area contributed by atoms with Gasteiger partial charge in [-0.2, -0.15) is 0 Å². The molecule has 0 spiro atoms. The number of halogens is 1. The lowest BCUT2D eigenvalue weighted by molar-refractivity contribution is 0.0600. The Morgan fingerprint density at radius 2 is 1.87 bits per heavy atom. The largest absolute Gasteiger partial charge is 0.490 e. The number of aromatic nitrogens is 2. The van der Waals surface area contributed by atoms with Gasteiger partial charge >= 0.3 is 6.09 Å². The summed E-state index contributed by atoms with van der Waals surface area (Å²) >= 11 is 6.26. The zero-order valence-corrected chi connectivity index (χ0v) is 19.8. The molecule has 0 radical (unpaired) electrons. The number of aryl methyl sites for hydroxylation is 1. The maximum atomic E-state index is 10.0. The number of pyridine rings is 2. The van der Waals surface area contributed by atoms with Gasteiger partial charge in [-0.15, -0.1) is 0 Å². The maximum absolute atomic E-state index is 10.0. The van der Waals surface area contributed by atoms with Crippen molar-refractivity contribution in [1.29, 1.82) is 0 Å². The molecule has 30 heavy (non-hydrogen) atoms. The average molecular weight is 436 g/mol. The minimum atomic E-state index is -0.725. The van der Waals surface area contributed by atoms with Crippen LogP contribution in [0.5, 0.6) is 5.75 Å². The molecular formula is C23H34ClN3O3. The van der Waals surface area contributed by atoms with Gasteiger partial charge in [0, 0.05) is 17.5 Å². The van der Waals surface area contributed by atoms with Gasteiger partial charge in [0.25, 0.3) is 0 Å². The van der Waals surface area contributed by atoms with Crippen molar-refractivity contribution in [1.82, 2.24) is 9.97 Å². The Hall–Kier alpha value is -2.34. The van der Waals surface area contributed by atoms with E-state index >= 15 is 0 Å². The molecule has 2 aromatic rings. The molecule has 0 aliphatic rings. The number of nitrogens with two attached hydrogens (primary N) is 1. The summed E-state index contributed by atoms with van der Waals surface area (Å²) in [5.41, 5.74) is 7.06. The van der Waals surface area contributed by atoms with Crippen molar-refractivity contribution in [2.24, 2.45) is 17.6 Å².